The van der Waals surface area contributed by atoms with E-state index in [0.29, 0.717) is 0 Å². The lowest BCUT2D eigenvalue weighted by molar-refractivity contribution is 0.0696. The molecule has 0 saturated heterocycles. The maximum atomic E-state index is 10.7. The zero-order chi connectivity index (χ0) is 10.3. The molecule has 72 valence electrons. The number of carbonyl (C=O) groups is 1. The zero-order valence-corrected chi connectivity index (χ0v) is 8.95. The second-order valence-electron chi connectivity index (χ2n) is 2.94. The highest BCUT2D eigenvalue weighted by Gasteiger charge is 2.08. The Balaban J connectivity index is 2.76. The van der Waals surface area contributed by atoms with Crippen molar-refractivity contribution in [2.45, 2.75) is 6.92 Å². The molecule has 0 aliphatic carbocycles. The third kappa shape index (κ3) is 1.29. The first-order valence-electron chi connectivity index (χ1n) is 3.97. The number of pyridine rings is 1. The molecule has 0 aromatic carbocycles. The van der Waals surface area contributed by atoms with E-state index >= 15 is 0 Å². The summed E-state index contributed by atoms with van der Waals surface area (Å²) in [7, 11) is 0. The third-order valence-electron chi connectivity index (χ3n) is 2.05. The summed E-state index contributed by atoms with van der Waals surface area (Å²) in [6, 6.07) is 3.22. The van der Waals surface area contributed by atoms with Crippen LogP contribution in [-0.4, -0.2) is 20.5 Å². The largest absolute Gasteiger partial charge is 0.478 e. The minimum Gasteiger partial charge on any atom is -0.478 e. The molecule has 5 heteroatoms. The van der Waals surface area contributed by atoms with Gasteiger partial charge >= 0.3 is 5.97 Å². The second kappa shape index (κ2) is 3.09. The van der Waals surface area contributed by atoms with E-state index < -0.39 is 5.97 Å². The van der Waals surface area contributed by atoms with Crippen LogP contribution in [0.5, 0.6) is 0 Å². The van der Waals surface area contributed by atoms with Crippen LogP contribution in [0.15, 0.2) is 22.9 Å². The first-order chi connectivity index (χ1) is 6.59. The Hall–Kier alpha value is -1.36. The Morgan fingerprint density at radius 3 is 2.93 bits per heavy atom. The summed E-state index contributed by atoms with van der Waals surface area (Å²) in [4.78, 5) is 14.9. The van der Waals surface area contributed by atoms with Crippen molar-refractivity contribution in [3.8, 4) is 0 Å². The van der Waals surface area contributed by atoms with Gasteiger partial charge in [-0.2, -0.15) is 0 Å². The predicted molar refractivity (Wildman–Crippen MR) is 54.6 cm³/mol. The van der Waals surface area contributed by atoms with Crippen molar-refractivity contribution < 1.29 is 9.90 Å². The summed E-state index contributed by atoms with van der Waals surface area (Å²) in [5.41, 5.74) is 1.88. The highest BCUT2D eigenvalue weighted by atomic mass is 79.9. The molecule has 0 fully saturated rings. The van der Waals surface area contributed by atoms with Gasteiger partial charge in [0.15, 0.2) is 0 Å². The summed E-state index contributed by atoms with van der Waals surface area (Å²) >= 11 is 3.29. The summed E-state index contributed by atoms with van der Waals surface area (Å²) in [5, 5.41) is 8.80. The molecular formula is C9H7BrN2O2. The summed E-state index contributed by atoms with van der Waals surface area (Å²) in [6.45, 7) is 1.87. The molecule has 14 heavy (non-hydrogen) atoms. The molecule has 2 heterocycles. The second-order valence-corrected chi connectivity index (χ2v) is 3.69. The van der Waals surface area contributed by atoms with Crippen molar-refractivity contribution in [1.82, 2.24) is 9.38 Å². The third-order valence-corrected chi connectivity index (χ3v) is 2.80. The fraction of sp³-hybridized carbons (Fsp3) is 0.111. The van der Waals surface area contributed by atoms with Gasteiger partial charge in [0, 0.05) is 6.20 Å². The Kier molecular flexibility index (Phi) is 2.03. The van der Waals surface area contributed by atoms with E-state index in [1.54, 1.807) is 16.7 Å². The van der Waals surface area contributed by atoms with Crippen LogP contribution >= 0.6 is 15.9 Å². The van der Waals surface area contributed by atoms with Gasteiger partial charge < -0.3 is 9.51 Å². The first-order valence-corrected chi connectivity index (χ1v) is 4.76. The number of imidazole rings is 1. The number of rotatable bonds is 1. The van der Waals surface area contributed by atoms with E-state index in [1.165, 1.54) is 6.07 Å². The van der Waals surface area contributed by atoms with E-state index in [9.17, 15) is 4.79 Å². The average molecular weight is 255 g/mol. The molecule has 0 saturated carbocycles. The molecular weight excluding hydrogens is 248 g/mol. The highest BCUT2D eigenvalue weighted by molar-refractivity contribution is 9.10. The number of halogens is 1. The van der Waals surface area contributed by atoms with Gasteiger partial charge in [0.2, 0.25) is 0 Å². The molecule has 0 aliphatic rings. The minimum absolute atomic E-state index is 0.255. The summed E-state index contributed by atoms with van der Waals surface area (Å²) in [6.07, 6.45) is 1.56. The molecule has 0 radical (unpaired) electrons. The molecule has 1 N–H and O–H groups in total. The fourth-order valence-electron chi connectivity index (χ4n) is 1.26. The van der Waals surface area contributed by atoms with Crippen molar-refractivity contribution in [3.05, 3.63) is 34.2 Å². The van der Waals surface area contributed by atoms with Gasteiger partial charge in [0.25, 0.3) is 0 Å². The molecule has 2 aromatic heterocycles. The molecule has 2 rings (SSSR count). The van der Waals surface area contributed by atoms with Crippen LogP contribution < -0.4 is 0 Å². The van der Waals surface area contributed by atoms with E-state index in [4.69, 9.17) is 5.11 Å². The van der Waals surface area contributed by atoms with Crippen molar-refractivity contribution in [2.24, 2.45) is 0 Å². The minimum atomic E-state index is -0.934. The van der Waals surface area contributed by atoms with Gasteiger partial charge in [-0.3, -0.25) is 0 Å². The summed E-state index contributed by atoms with van der Waals surface area (Å²) in [5.74, 6) is -0.934. The Bertz CT molecular complexity index is 519. The Morgan fingerprint density at radius 2 is 2.29 bits per heavy atom. The maximum absolute atomic E-state index is 10.7. The topological polar surface area (TPSA) is 54.6 Å². The van der Waals surface area contributed by atoms with Crippen LogP contribution in [0.2, 0.25) is 0 Å². The molecule has 4 nitrogen and oxygen atoms in total. The number of carboxylic acid groups (broad SMARTS) is 1. The molecule has 0 bridgehead atoms. The van der Waals surface area contributed by atoms with Crippen LogP contribution in [0.25, 0.3) is 5.65 Å². The van der Waals surface area contributed by atoms with Crippen molar-refractivity contribution in [1.29, 1.82) is 0 Å². The summed E-state index contributed by atoms with van der Waals surface area (Å²) < 4.78 is 2.48. The van der Waals surface area contributed by atoms with Gasteiger partial charge in [-0.05, 0) is 35.0 Å². The smallest absolute Gasteiger partial charge is 0.337 e. The van der Waals surface area contributed by atoms with E-state index in [2.05, 4.69) is 20.9 Å². The van der Waals surface area contributed by atoms with E-state index in [0.717, 1.165) is 15.9 Å². The number of aryl methyl sites for hydroxylation is 1. The van der Waals surface area contributed by atoms with Crippen molar-refractivity contribution in [3.63, 3.8) is 0 Å². The number of hydrogen-bond donors (Lipinski definition) is 1. The lowest BCUT2D eigenvalue weighted by Gasteiger charge is -1.98. The number of aromatic nitrogens is 2. The normalized spacial score (nSPS) is 10.7. The first kappa shape index (κ1) is 9.21. The van der Waals surface area contributed by atoms with Crippen molar-refractivity contribution >= 4 is 27.5 Å². The van der Waals surface area contributed by atoms with E-state index in [1.807, 2.05) is 6.92 Å². The molecule has 0 aliphatic heterocycles. The molecule has 2 aromatic rings. The number of nitrogens with zero attached hydrogens (tertiary/aromatic N) is 2. The van der Waals surface area contributed by atoms with Crippen molar-refractivity contribution in [2.75, 3.05) is 0 Å². The number of carboxylic acids is 1. The highest BCUT2D eigenvalue weighted by Crippen LogP contribution is 2.17. The van der Waals surface area contributed by atoms with Crippen LogP contribution in [-0.2, 0) is 0 Å². The van der Waals surface area contributed by atoms with Gasteiger partial charge in [-0.1, -0.05) is 0 Å². The number of hydrogen-bond acceptors (Lipinski definition) is 2. The average Bonchev–Trinajstić information content (AvgIpc) is 2.43. The molecule has 0 unspecified atom stereocenters. The van der Waals surface area contributed by atoms with Gasteiger partial charge in [0.1, 0.15) is 10.3 Å². The molecule has 0 amide bonds. The van der Waals surface area contributed by atoms with Crippen LogP contribution in [0.1, 0.15) is 16.1 Å². The lowest BCUT2D eigenvalue weighted by atomic mass is 10.3. The van der Waals surface area contributed by atoms with Crippen LogP contribution in [0.4, 0.5) is 0 Å². The molecule has 0 atom stereocenters. The van der Waals surface area contributed by atoms with E-state index in [-0.39, 0.29) is 5.56 Å². The SMILES string of the molecule is Cc1c(Br)nc2ccc(C(=O)O)cn12. The molecule has 0 spiro atoms. The van der Waals surface area contributed by atoms with Gasteiger partial charge in [-0.25, -0.2) is 9.78 Å². The van der Waals surface area contributed by atoms with Gasteiger partial charge in [-0.15, -0.1) is 0 Å². The van der Waals surface area contributed by atoms with Crippen LogP contribution in [0, 0.1) is 6.92 Å². The fourth-order valence-corrected chi connectivity index (χ4v) is 1.63. The Labute approximate surface area is 88.3 Å². The standard InChI is InChI=1S/C9H7BrN2O2/c1-5-8(10)11-7-3-2-6(9(13)14)4-12(5)7/h2-4H,1H3,(H,13,14). The Morgan fingerprint density at radius 1 is 1.57 bits per heavy atom. The number of fused-ring (bicyclic) bond motifs is 1. The zero-order valence-electron chi connectivity index (χ0n) is 7.36. The lowest BCUT2D eigenvalue weighted by Crippen LogP contribution is -1.99. The number of aromatic carboxylic acids is 1. The van der Waals surface area contributed by atoms with Gasteiger partial charge in [0.05, 0.1) is 11.3 Å². The maximum Gasteiger partial charge on any atom is 0.337 e. The monoisotopic (exact) mass is 254 g/mol. The van der Waals surface area contributed by atoms with Crippen LogP contribution in [0.3, 0.4) is 0 Å². The quantitative estimate of drug-likeness (QED) is 0.848. The predicted octanol–water partition coefficient (Wildman–Crippen LogP) is 2.10.